The standard InChI is InChI=1S/C9H6ClN3O2S/c10-16(14,15)7-3-6(1-2-11)9-8(4-7)12-5-13-9/h3-5H,1H2,(H,12,13). The molecule has 0 aliphatic heterocycles. The first-order chi connectivity index (χ1) is 7.52. The summed E-state index contributed by atoms with van der Waals surface area (Å²) in [4.78, 5) is 6.77. The SMILES string of the molecule is N#CCc1cc(S(=O)(=O)Cl)cc2[nH]cnc12. The number of nitriles is 1. The largest absolute Gasteiger partial charge is 0.345 e. The fraction of sp³-hybridized carbons (Fsp3) is 0.111. The lowest BCUT2D eigenvalue weighted by Crippen LogP contribution is -1.94. The molecule has 0 bridgehead atoms. The molecule has 0 radical (unpaired) electrons. The molecule has 5 nitrogen and oxygen atoms in total. The van der Waals surface area contributed by atoms with E-state index in [1.807, 2.05) is 6.07 Å². The van der Waals surface area contributed by atoms with Crippen LogP contribution >= 0.6 is 10.7 Å². The molecular formula is C9H6ClN3O2S. The first kappa shape index (κ1) is 10.9. The van der Waals surface area contributed by atoms with E-state index in [1.54, 1.807) is 0 Å². The van der Waals surface area contributed by atoms with Gasteiger partial charge < -0.3 is 4.98 Å². The number of hydrogen-bond donors (Lipinski definition) is 1. The van der Waals surface area contributed by atoms with E-state index in [-0.39, 0.29) is 11.3 Å². The van der Waals surface area contributed by atoms with Crippen LogP contribution in [0, 0.1) is 11.3 Å². The summed E-state index contributed by atoms with van der Waals surface area (Å²) in [6, 6.07) is 4.72. The zero-order valence-electron chi connectivity index (χ0n) is 7.94. The molecule has 1 N–H and O–H groups in total. The molecule has 82 valence electrons. The van der Waals surface area contributed by atoms with Crippen LogP contribution in [0.4, 0.5) is 0 Å². The highest BCUT2D eigenvalue weighted by Gasteiger charge is 2.14. The van der Waals surface area contributed by atoms with Crippen LogP contribution in [0.15, 0.2) is 23.4 Å². The van der Waals surface area contributed by atoms with Gasteiger partial charge in [-0.05, 0) is 17.7 Å². The number of nitrogens with one attached hydrogen (secondary N) is 1. The molecular weight excluding hydrogens is 250 g/mol. The number of imidazole rings is 1. The molecule has 0 aliphatic carbocycles. The normalized spacial score (nSPS) is 11.5. The molecule has 1 heterocycles. The monoisotopic (exact) mass is 255 g/mol. The third kappa shape index (κ3) is 1.87. The van der Waals surface area contributed by atoms with Gasteiger partial charge in [0, 0.05) is 10.7 Å². The first-order valence-electron chi connectivity index (χ1n) is 4.30. The lowest BCUT2D eigenvalue weighted by Gasteiger charge is -2.01. The first-order valence-corrected chi connectivity index (χ1v) is 6.61. The molecule has 0 fully saturated rings. The van der Waals surface area contributed by atoms with Crippen LogP contribution in [0.25, 0.3) is 11.0 Å². The van der Waals surface area contributed by atoms with E-state index in [0.717, 1.165) is 0 Å². The van der Waals surface area contributed by atoms with Crippen LogP contribution in [-0.4, -0.2) is 18.4 Å². The molecule has 2 aromatic rings. The van der Waals surface area contributed by atoms with Crippen molar-refractivity contribution in [1.82, 2.24) is 9.97 Å². The summed E-state index contributed by atoms with van der Waals surface area (Å²) in [6.07, 6.45) is 1.53. The van der Waals surface area contributed by atoms with Crippen LogP contribution in [0.3, 0.4) is 0 Å². The summed E-state index contributed by atoms with van der Waals surface area (Å²) < 4.78 is 22.4. The molecule has 0 atom stereocenters. The van der Waals surface area contributed by atoms with Crippen LogP contribution in [0.2, 0.25) is 0 Å². The lowest BCUT2D eigenvalue weighted by molar-refractivity contribution is 0.609. The number of aromatic nitrogens is 2. The number of fused-ring (bicyclic) bond motifs is 1. The summed E-state index contributed by atoms with van der Waals surface area (Å²) >= 11 is 0. The predicted molar refractivity (Wildman–Crippen MR) is 58.4 cm³/mol. The minimum absolute atomic E-state index is 0.0313. The molecule has 7 heteroatoms. The van der Waals surface area contributed by atoms with Crippen molar-refractivity contribution in [3.8, 4) is 6.07 Å². The summed E-state index contributed by atoms with van der Waals surface area (Å²) in [6.45, 7) is 0. The second kappa shape index (κ2) is 3.77. The van der Waals surface area contributed by atoms with E-state index >= 15 is 0 Å². The molecule has 0 spiro atoms. The molecule has 0 amide bonds. The van der Waals surface area contributed by atoms with Crippen molar-refractivity contribution in [2.24, 2.45) is 0 Å². The summed E-state index contributed by atoms with van der Waals surface area (Å²) in [5, 5.41) is 8.64. The molecule has 1 aromatic carbocycles. The van der Waals surface area contributed by atoms with Crippen LogP contribution in [0.5, 0.6) is 0 Å². The Kier molecular flexibility index (Phi) is 2.58. The van der Waals surface area contributed by atoms with Gasteiger partial charge in [0.05, 0.1) is 34.7 Å². The zero-order chi connectivity index (χ0) is 11.8. The Balaban J connectivity index is 2.77. The van der Waals surface area contributed by atoms with Gasteiger partial charge in [-0.15, -0.1) is 0 Å². The minimum Gasteiger partial charge on any atom is -0.345 e. The van der Waals surface area contributed by atoms with Crippen LogP contribution in [0.1, 0.15) is 5.56 Å². The van der Waals surface area contributed by atoms with Crippen molar-refractivity contribution in [1.29, 1.82) is 5.26 Å². The van der Waals surface area contributed by atoms with E-state index in [4.69, 9.17) is 15.9 Å². The highest BCUT2D eigenvalue weighted by molar-refractivity contribution is 8.13. The second-order valence-electron chi connectivity index (χ2n) is 3.15. The summed E-state index contributed by atoms with van der Waals surface area (Å²) in [5.74, 6) is 0. The molecule has 16 heavy (non-hydrogen) atoms. The lowest BCUT2D eigenvalue weighted by atomic mass is 10.1. The van der Waals surface area contributed by atoms with Gasteiger partial charge in [-0.1, -0.05) is 0 Å². The topological polar surface area (TPSA) is 86.6 Å². The third-order valence-electron chi connectivity index (χ3n) is 2.13. The van der Waals surface area contributed by atoms with E-state index < -0.39 is 9.05 Å². The molecule has 1 aromatic heterocycles. The predicted octanol–water partition coefficient (Wildman–Crippen LogP) is 1.56. The van der Waals surface area contributed by atoms with E-state index in [9.17, 15) is 8.42 Å². The Labute approximate surface area is 96.1 Å². The molecule has 0 saturated carbocycles. The quantitative estimate of drug-likeness (QED) is 0.825. The number of halogens is 1. The average molecular weight is 256 g/mol. The maximum absolute atomic E-state index is 11.2. The molecule has 0 saturated heterocycles. The molecule has 0 aliphatic rings. The van der Waals surface area contributed by atoms with Gasteiger partial charge in [0.15, 0.2) is 0 Å². The van der Waals surface area contributed by atoms with Gasteiger partial charge in [0.1, 0.15) is 0 Å². The average Bonchev–Trinajstić information content (AvgIpc) is 2.64. The fourth-order valence-corrected chi connectivity index (χ4v) is 2.26. The number of H-pyrrole nitrogens is 1. The number of hydrogen-bond acceptors (Lipinski definition) is 4. The molecule has 0 unspecified atom stereocenters. The Morgan fingerprint density at radius 3 is 2.88 bits per heavy atom. The van der Waals surface area contributed by atoms with Crippen molar-refractivity contribution in [2.75, 3.05) is 0 Å². The highest BCUT2D eigenvalue weighted by Crippen LogP contribution is 2.23. The Bertz CT molecular complexity index is 684. The number of aromatic amines is 1. The van der Waals surface area contributed by atoms with Crippen molar-refractivity contribution < 1.29 is 8.42 Å². The third-order valence-corrected chi connectivity index (χ3v) is 3.46. The smallest absolute Gasteiger partial charge is 0.261 e. The van der Waals surface area contributed by atoms with Gasteiger partial charge in [-0.3, -0.25) is 0 Å². The van der Waals surface area contributed by atoms with Gasteiger partial charge in [-0.25, -0.2) is 13.4 Å². The van der Waals surface area contributed by atoms with Crippen LogP contribution in [-0.2, 0) is 15.5 Å². The zero-order valence-corrected chi connectivity index (χ0v) is 9.51. The Morgan fingerprint density at radius 2 is 2.25 bits per heavy atom. The van der Waals surface area contributed by atoms with E-state index in [0.29, 0.717) is 16.6 Å². The molecule has 2 rings (SSSR count). The summed E-state index contributed by atoms with van der Waals surface area (Å²) in [5.41, 5.74) is 1.68. The van der Waals surface area contributed by atoms with Crippen molar-refractivity contribution in [3.63, 3.8) is 0 Å². The van der Waals surface area contributed by atoms with Crippen molar-refractivity contribution in [3.05, 3.63) is 24.0 Å². The van der Waals surface area contributed by atoms with Gasteiger partial charge in [0.25, 0.3) is 9.05 Å². The minimum atomic E-state index is -3.80. The summed E-state index contributed by atoms with van der Waals surface area (Å²) in [7, 11) is 1.46. The van der Waals surface area contributed by atoms with E-state index in [1.165, 1.54) is 18.5 Å². The van der Waals surface area contributed by atoms with Gasteiger partial charge in [0.2, 0.25) is 0 Å². The van der Waals surface area contributed by atoms with Gasteiger partial charge in [-0.2, -0.15) is 5.26 Å². The maximum Gasteiger partial charge on any atom is 0.261 e. The number of rotatable bonds is 2. The van der Waals surface area contributed by atoms with Crippen LogP contribution < -0.4 is 0 Å². The van der Waals surface area contributed by atoms with Gasteiger partial charge >= 0.3 is 0 Å². The maximum atomic E-state index is 11.2. The fourth-order valence-electron chi connectivity index (χ4n) is 1.45. The van der Waals surface area contributed by atoms with Crippen molar-refractivity contribution in [2.45, 2.75) is 11.3 Å². The highest BCUT2D eigenvalue weighted by atomic mass is 35.7. The number of benzene rings is 1. The Hall–Kier alpha value is -1.58. The van der Waals surface area contributed by atoms with Crippen molar-refractivity contribution >= 4 is 30.8 Å². The Morgan fingerprint density at radius 1 is 1.50 bits per heavy atom. The second-order valence-corrected chi connectivity index (χ2v) is 5.72. The van der Waals surface area contributed by atoms with E-state index in [2.05, 4.69) is 9.97 Å². The number of nitrogens with zero attached hydrogens (tertiary/aromatic N) is 2.